The first-order chi connectivity index (χ1) is 12.2. The molecule has 168 valence electrons. The molecule has 0 bridgehead atoms. The second kappa shape index (κ2) is 7.92. The standard InChI is InChI=1S/C11H10F13O3P/c1-3-28(25,4-2)11(23,24)10(21,22)27-7(15,8(16,17)18)9(19,20)26-6(14)5(12)13/h3-4H2,1-2H3. The van der Waals surface area contributed by atoms with Crippen molar-refractivity contribution in [2.24, 2.45) is 0 Å². The van der Waals surface area contributed by atoms with Crippen LogP contribution in [0.3, 0.4) is 0 Å². The van der Waals surface area contributed by atoms with Crippen LogP contribution in [0.2, 0.25) is 0 Å². The lowest BCUT2D eigenvalue weighted by Gasteiger charge is -2.38. The van der Waals surface area contributed by atoms with E-state index in [-0.39, 0.29) is 0 Å². The van der Waals surface area contributed by atoms with Crippen molar-refractivity contribution in [3.8, 4) is 0 Å². The highest BCUT2D eigenvalue weighted by atomic mass is 31.2. The highest BCUT2D eigenvalue weighted by Crippen LogP contribution is 2.67. The molecule has 17 heteroatoms. The maximum absolute atomic E-state index is 13.8. The van der Waals surface area contributed by atoms with Crippen LogP contribution in [-0.2, 0) is 14.0 Å². The molecule has 0 radical (unpaired) electrons. The molecule has 0 aliphatic rings. The highest BCUT2D eigenvalue weighted by Gasteiger charge is 2.82. The SMILES string of the molecule is CCP(=O)(CC)C(F)(F)C(F)(F)OC(F)(C(F)(F)F)C(F)(F)OC(F)=C(F)F. The van der Waals surface area contributed by atoms with Gasteiger partial charge in [0, 0.05) is 12.3 Å². The third-order valence-corrected chi connectivity index (χ3v) is 6.58. The van der Waals surface area contributed by atoms with E-state index in [0.717, 1.165) is 0 Å². The Morgan fingerprint density at radius 1 is 0.786 bits per heavy atom. The fraction of sp³-hybridized carbons (Fsp3) is 0.818. The number of halogens is 13. The smallest absolute Gasteiger partial charge is 0.398 e. The van der Waals surface area contributed by atoms with Gasteiger partial charge in [-0.25, -0.2) is 0 Å². The largest absolute Gasteiger partial charge is 0.471 e. The van der Waals surface area contributed by atoms with Crippen molar-refractivity contribution >= 4 is 7.14 Å². The Morgan fingerprint density at radius 2 is 1.18 bits per heavy atom. The van der Waals surface area contributed by atoms with Crippen molar-refractivity contribution in [3.05, 3.63) is 12.1 Å². The normalized spacial score (nSPS) is 16.5. The van der Waals surface area contributed by atoms with Gasteiger partial charge in [0.1, 0.15) is 0 Å². The monoisotopic (exact) mass is 468 g/mol. The maximum atomic E-state index is 13.8. The molecule has 28 heavy (non-hydrogen) atoms. The van der Waals surface area contributed by atoms with Crippen LogP contribution in [0.1, 0.15) is 13.8 Å². The molecule has 0 aliphatic heterocycles. The van der Waals surface area contributed by atoms with E-state index in [4.69, 9.17) is 0 Å². The number of alkyl halides is 10. The molecule has 1 unspecified atom stereocenters. The van der Waals surface area contributed by atoms with Crippen molar-refractivity contribution in [2.45, 2.75) is 43.8 Å². The van der Waals surface area contributed by atoms with Gasteiger partial charge in [0.05, 0.1) is 0 Å². The number of hydrogen-bond donors (Lipinski definition) is 0. The molecule has 0 saturated heterocycles. The molecule has 3 nitrogen and oxygen atoms in total. The van der Waals surface area contributed by atoms with Gasteiger partial charge in [0.2, 0.25) is 0 Å². The minimum absolute atomic E-state index is 0.628. The van der Waals surface area contributed by atoms with Gasteiger partial charge in [0.25, 0.3) is 0 Å². The van der Waals surface area contributed by atoms with Crippen LogP contribution in [0.4, 0.5) is 57.1 Å². The molecular weight excluding hydrogens is 458 g/mol. The van der Waals surface area contributed by atoms with Gasteiger partial charge in [-0.2, -0.15) is 57.1 Å². The summed E-state index contributed by atoms with van der Waals surface area (Å²) in [6, 6.07) is -3.83. The average Bonchev–Trinajstić information content (AvgIpc) is 2.51. The van der Waals surface area contributed by atoms with Gasteiger partial charge < -0.3 is 9.30 Å². The summed E-state index contributed by atoms with van der Waals surface area (Å²) in [5, 5.41) is 0. The molecule has 0 saturated carbocycles. The minimum Gasteiger partial charge on any atom is -0.398 e. The lowest BCUT2D eigenvalue weighted by molar-refractivity contribution is -0.510. The average molecular weight is 468 g/mol. The van der Waals surface area contributed by atoms with E-state index in [9.17, 15) is 61.6 Å². The molecule has 1 atom stereocenters. The van der Waals surface area contributed by atoms with Gasteiger partial charge in [-0.1, -0.05) is 13.8 Å². The van der Waals surface area contributed by atoms with Crippen molar-refractivity contribution < 1.29 is 71.1 Å². The molecule has 0 aromatic heterocycles. The summed E-state index contributed by atoms with van der Waals surface area (Å²) in [6.45, 7) is 1.26. The van der Waals surface area contributed by atoms with Crippen LogP contribution in [0.25, 0.3) is 0 Å². The van der Waals surface area contributed by atoms with Gasteiger partial charge in [0.15, 0.2) is 7.14 Å². The van der Waals surface area contributed by atoms with Crippen LogP contribution in [0.5, 0.6) is 0 Å². The second-order valence-electron chi connectivity index (χ2n) is 4.93. The van der Waals surface area contributed by atoms with E-state index in [1.54, 1.807) is 0 Å². The fourth-order valence-corrected chi connectivity index (χ4v) is 3.36. The van der Waals surface area contributed by atoms with E-state index in [1.165, 1.54) is 0 Å². The van der Waals surface area contributed by atoms with E-state index < -0.39 is 61.5 Å². The van der Waals surface area contributed by atoms with Crippen LogP contribution in [-0.4, -0.2) is 42.2 Å². The van der Waals surface area contributed by atoms with Gasteiger partial charge in [-0.05, 0) is 0 Å². The van der Waals surface area contributed by atoms with Gasteiger partial charge in [-0.3, -0.25) is 4.74 Å². The Kier molecular flexibility index (Phi) is 7.58. The van der Waals surface area contributed by atoms with Crippen LogP contribution < -0.4 is 0 Å². The maximum Gasteiger partial charge on any atom is 0.471 e. The number of rotatable bonds is 9. The van der Waals surface area contributed by atoms with Crippen molar-refractivity contribution in [1.29, 1.82) is 0 Å². The topological polar surface area (TPSA) is 35.5 Å². The Labute approximate surface area is 147 Å². The Hall–Kier alpha value is -1.18. The van der Waals surface area contributed by atoms with Gasteiger partial charge >= 0.3 is 42.0 Å². The summed E-state index contributed by atoms with van der Waals surface area (Å²) in [6.07, 6.45) is -27.6. The number of ether oxygens (including phenoxy) is 2. The summed E-state index contributed by atoms with van der Waals surface area (Å²) in [7, 11) is -5.47. The summed E-state index contributed by atoms with van der Waals surface area (Å²) in [5.41, 5.74) is -6.11. The second-order valence-corrected chi connectivity index (χ2v) is 8.53. The highest BCUT2D eigenvalue weighted by molar-refractivity contribution is 7.65. The van der Waals surface area contributed by atoms with Crippen LogP contribution in [0, 0.1) is 0 Å². The summed E-state index contributed by atoms with van der Waals surface area (Å²) >= 11 is 0. The molecule has 0 aromatic rings. The third kappa shape index (κ3) is 4.52. The molecule has 0 aliphatic carbocycles. The third-order valence-electron chi connectivity index (χ3n) is 3.26. The van der Waals surface area contributed by atoms with Crippen molar-refractivity contribution in [3.63, 3.8) is 0 Å². The first-order valence-corrected chi connectivity index (χ1v) is 8.80. The zero-order valence-electron chi connectivity index (χ0n) is 13.5. The first-order valence-electron chi connectivity index (χ1n) is 6.73. The van der Waals surface area contributed by atoms with Crippen molar-refractivity contribution in [1.82, 2.24) is 0 Å². The van der Waals surface area contributed by atoms with Crippen LogP contribution in [0.15, 0.2) is 12.1 Å². The van der Waals surface area contributed by atoms with E-state index in [1.807, 2.05) is 4.74 Å². The van der Waals surface area contributed by atoms with E-state index >= 15 is 0 Å². The molecule has 0 spiro atoms. The lowest BCUT2D eigenvalue weighted by Crippen LogP contribution is -2.63. The summed E-state index contributed by atoms with van der Waals surface area (Å²) in [4.78, 5) is 0. The predicted octanol–water partition coefficient (Wildman–Crippen LogP) is 6.46. The lowest BCUT2D eigenvalue weighted by atomic mass is 10.2. The van der Waals surface area contributed by atoms with Gasteiger partial charge in [-0.15, -0.1) is 0 Å². The van der Waals surface area contributed by atoms with E-state index in [0.29, 0.717) is 13.8 Å². The molecular formula is C11H10F13O3P. The minimum atomic E-state index is -7.34. The van der Waals surface area contributed by atoms with Crippen LogP contribution >= 0.6 is 7.14 Å². The molecule has 0 fully saturated rings. The molecule has 0 heterocycles. The Balaban J connectivity index is 6.43. The molecule has 0 aromatic carbocycles. The summed E-state index contributed by atoms with van der Waals surface area (Å²) < 4.78 is 184. The summed E-state index contributed by atoms with van der Waals surface area (Å²) in [5.74, 6) is -7.26. The van der Waals surface area contributed by atoms with Crippen molar-refractivity contribution in [2.75, 3.05) is 12.3 Å². The number of hydrogen-bond acceptors (Lipinski definition) is 3. The molecule has 0 rings (SSSR count). The molecule has 0 amide bonds. The predicted molar refractivity (Wildman–Crippen MR) is 65.9 cm³/mol. The zero-order chi connectivity index (χ0) is 23.0. The Bertz CT molecular complexity index is 632. The quantitative estimate of drug-likeness (QED) is 0.221. The Morgan fingerprint density at radius 3 is 1.46 bits per heavy atom. The molecule has 0 N–H and O–H groups in total. The first kappa shape index (κ1) is 26.8. The fourth-order valence-electron chi connectivity index (χ4n) is 1.60. The van der Waals surface area contributed by atoms with E-state index in [2.05, 4.69) is 4.74 Å². The zero-order valence-corrected chi connectivity index (χ0v) is 14.4.